The van der Waals surface area contributed by atoms with Crippen LogP contribution in [0.4, 0.5) is 5.69 Å². The molecule has 98 valence electrons. The maximum absolute atomic E-state index is 6.03. The number of fused-ring (bicyclic) bond motifs is 1. The molecule has 1 aliphatic rings. The molecule has 0 saturated heterocycles. The van der Waals surface area contributed by atoms with Crippen molar-refractivity contribution in [1.29, 1.82) is 0 Å². The Morgan fingerprint density at radius 2 is 1.95 bits per heavy atom. The van der Waals surface area contributed by atoms with Crippen LogP contribution >= 0.6 is 11.6 Å². The van der Waals surface area contributed by atoms with Gasteiger partial charge in [0.05, 0.1) is 13.2 Å². The number of nitrogens with one attached hydrogen (secondary N) is 1. The molecule has 0 aliphatic heterocycles. The van der Waals surface area contributed by atoms with Crippen LogP contribution in [0.1, 0.15) is 23.6 Å². The third-order valence-electron chi connectivity index (χ3n) is 3.61. The van der Waals surface area contributed by atoms with E-state index < -0.39 is 0 Å². The Morgan fingerprint density at radius 3 is 2.68 bits per heavy atom. The molecule has 3 rings (SSSR count). The van der Waals surface area contributed by atoms with Crippen molar-refractivity contribution in [1.82, 2.24) is 0 Å². The molecule has 0 aromatic heterocycles. The average Bonchev–Trinajstić information content (AvgIpc) is 2.82. The van der Waals surface area contributed by atoms with Crippen molar-refractivity contribution in [3.63, 3.8) is 0 Å². The number of methoxy groups -OCH3 is 1. The highest BCUT2D eigenvalue weighted by atomic mass is 35.5. The van der Waals surface area contributed by atoms with Gasteiger partial charge in [-0.25, -0.2) is 0 Å². The normalized spacial score (nSPS) is 17.1. The summed E-state index contributed by atoms with van der Waals surface area (Å²) >= 11 is 6.03. The Balaban J connectivity index is 1.78. The van der Waals surface area contributed by atoms with Gasteiger partial charge in [-0.3, -0.25) is 0 Å². The van der Waals surface area contributed by atoms with E-state index in [0.29, 0.717) is 6.04 Å². The van der Waals surface area contributed by atoms with E-state index in [1.807, 2.05) is 30.3 Å². The van der Waals surface area contributed by atoms with E-state index in [-0.39, 0.29) is 0 Å². The molecule has 3 heteroatoms. The topological polar surface area (TPSA) is 21.3 Å². The fraction of sp³-hybridized carbons (Fsp3) is 0.250. The van der Waals surface area contributed by atoms with E-state index in [9.17, 15) is 0 Å². The van der Waals surface area contributed by atoms with E-state index in [1.165, 1.54) is 11.1 Å². The second-order valence-electron chi connectivity index (χ2n) is 4.81. The SMILES string of the molecule is COc1ccc(NC2CCc3cc(Cl)ccc32)cc1. The molecule has 2 aromatic carbocycles. The first kappa shape index (κ1) is 12.4. The summed E-state index contributed by atoms with van der Waals surface area (Å²) in [6, 6.07) is 14.6. The van der Waals surface area contributed by atoms with Gasteiger partial charge in [-0.15, -0.1) is 0 Å². The number of halogens is 1. The lowest BCUT2D eigenvalue weighted by molar-refractivity contribution is 0.415. The molecule has 1 unspecified atom stereocenters. The first-order valence-electron chi connectivity index (χ1n) is 6.45. The fourth-order valence-corrected chi connectivity index (χ4v) is 2.82. The lowest BCUT2D eigenvalue weighted by Crippen LogP contribution is -2.06. The van der Waals surface area contributed by atoms with E-state index in [4.69, 9.17) is 16.3 Å². The summed E-state index contributed by atoms with van der Waals surface area (Å²) < 4.78 is 5.17. The van der Waals surface area contributed by atoms with Gasteiger partial charge in [-0.1, -0.05) is 17.7 Å². The van der Waals surface area contributed by atoms with Crippen molar-refractivity contribution in [3.8, 4) is 5.75 Å². The predicted octanol–water partition coefficient (Wildman–Crippen LogP) is 4.45. The Bertz CT molecular complexity index is 580. The summed E-state index contributed by atoms with van der Waals surface area (Å²) in [5, 5.41) is 4.39. The summed E-state index contributed by atoms with van der Waals surface area (Å²) in [5.74, 6) is 0.879. The van der Waals surface area contributed by atoms with Crippen molar-refractivity contribution in [2.45, 2.75) is 18.9 Å². The second kappa shape index (κ2) is 5.14. The van der Waals surface area contributed by atoms with Gasteiger partial charge in [0.2, 0.25) is 0 Å². The molecule has 2 nitrogen and oxygen atoms in total. The third-order valence-corrected chi connectivity index (χ3v) is 3.85. The predicted molar refractivity (Wildman–Crippen MR) is 79.1 cm³/mol. The van der Waals surface area contributed by atoms with Crippen molar-refractivity contribution < 1.29 is 4.74 Å². The minimum atomic E-state index is 0.376. The molecule has 1 atom stereocenters. The summed E-state index contributed by atoms with van der Waals surface area (Å²) in [6.07, 6.45) is 2.20. The zero-order chi connectivity index (χ0) is 13.2. The van der Waals surface area contributed by atoms with Crippen LogP contribution in [-0.2, 0) is 6.42 Å². The van der Waals surface area contributed by atoms with Gasteiger partial charge in [0.15, 0.2) is 0 Å². The minimum absolute atomic E-state index is 0.376. The number of hydrogen-bond donors (Lipinski definition) is 1. The van der Waals surface area contributed by atoms with Crippen molar-refractivity contribution >= 4 is 17.3 Å². The zero-order valence-corrected chi connectivity index (χ0v) is 11.6. The molecular formula is C16H16ClNO. The van der Waals surface area contributed by atoms with Gasteiger partial charge in [0.25, 0.3) is 0 Å². The monoisotopic (exact) mass is 273 g/mol. The van der Waals surface area contributed by atoms with Crippen molar-refractivity contribution in [3.05, 3.63) is 58.6 Å². The first-order chi connectivity index (χ1) is 9.26. The van der Waals surface area contributed by atoms with Gasteiger partial charge in [-0.2, -0.15) is 0 Å². The Kier molecular flexibility index (Phi) is 3.34. The quantitative estimate of drug-likeness (QED) is 0.892. The van der Waals surface area contributed by atoms with Gasteiger partial charge in [0.1, 0.15) is 5.75 Å². The van der Waals surface area contributed by atoms with Crippen LogP contribution < -0.4 is 10.1 Å². The van der Waals surface area contributed by atoms with Crippen molar-refractivity contribution in [2.75, 3.05) is 12.4 Å². The van der Waals surface area contributed by atoms with Crippen LogP contribution in [0.2, 0.25) is 5.02 Å². The summed E-state index contributed by atoms with van der Waals surface area (Å²) in [4.78, 5) is 0. The standard InChI is InChI=1S/C16H16ClNO/c1-19-14-6-4-13(5-7-14)18-16-9-2-11-10-12(17)3-8-15(11)16/h3-8,10,16,18H,2,9H2,1H3. The Hall–Kier alpha value is -1.67. The highest BCUT2D eigenvalue weighted by Gasteiger charge is 2.22. The molecule has 1 N–H and O–H groups in total. The van der Waals surface area contributed by atoms with Crippen LogP contribution in [-0.4, -0.2) is 7.11 Å². The number of aryl methyl sites for hydroxylation is 1. The molecule has 0 amide bonds. The molecule has 0 radical (unpaired) electrons. The smallest absolute Gasteiger partial charge is 0.119 e. The van der Waals surface area contributed by atoms with Crippen LogP contribution in [0.3, 0.4) is 0 Å². The maximum Gasteiger partial charge on any atom is 0.119 e. The van der Waals surface area contributed by atoms with Gasteiger partial charge in [0, 0.05) is 10.7 Å². The van der Waals surface area contributed by atoms with Gasteiger partial charge in [-0.05, 0) is 60.4 Å². The summed E-state index contributed by atoms with van der Waals surface area (Å²) in [5.41, 5.74) is 3.84. The molecule has 0 saturated carbocycles. The Morgan fingerprint density at radius 1 is 1.16 bits per heavy atom. The molecule has 0 heterocycles. The number of anilines is 1. The molecule has 19 heavy (non-hydrogen) atoms. The van der Waals surface area contributed by atoms with Crippen LogP contribution in [0.15, 0.2) is 42.5 Å². The number of hydrogen-bond acceptors (Lipinski definition) is 2. The van der Waals surface area contributed by atoms with E-state index in [1.54, 1.807) is 7.11 Å². The number of benzene rings is 2. The lowest BCUT2D eigenvalue weighted by atomic mass is 10.1. The van der Waals surface area contributed by atoms with E-state index >= 15 is 0 Å². The molecular weight excluding hydrogens is 258 g/mol. The van der Waals surface area contributed by atoms with E-state index in [2.05, 4.69) is 17.4 Å². The summed E-state index contributed by atoms with van der Waals surface area (Å²) in [7, 11) is 1.68. The van der Waals surface area contributed by atoms with Crippen molar-refractivity contribution in [2.24, 2.45) is 0 Å². The summed E-state index contributed by atoms with van der Waals surface area (Å²) in [6.45, 7) is 0. The van der Waals surface area contributed by atoms with Gasteiger partial charge < -0.3 is 10.1 Å². The minimum Gasteiger partial charge on any atom is -0.497 e. The maximum atomic E-state index is 6.03. The first-order valence-corrected chi connectivity index (χ1v) is 6.83. The highest BCUT2D eigenvalue weighted by Crippen LogP contribution is 2.35. The zero-order valence-electron chi connectivity index (χ0n) is 10.8. The third kappa shape index (κ3) is 2.54. The molecule has 1 aliphatic carbocycles. The van der Waals surface area contributed by atoms with E-state index in [0.717, 1.165) is 29.3 Å². The number of ether oxygens (including phenoxy) is 1. The molecule has 0 bridgehead atoms. The molecule has 0 fully saturated rings. The lowest BCUT2D eigenvalue weighted by Gasteiger charge is -2.16. The average molecular weight is 274 g/mol. The van der Waals surface area contributed by atoms with Crippen LogP contribution in [0, 0.1) is 0 Å². The second-order valence-corrected chi connectivity index (χ2v) is 5.24. The molecule has 0 spiro atoms. The largest absolute Gasteiger partial charge is 0.497 e. The highest BCUT2D eigenvalue weighted by molar-refractivity contribution is 6.30. The number of rotatable bonds is 3. The van der Waals surface area contributed by atoms with Crippen LogP contribution in [0.25, 0.3) is 0 Å². The van der Waals surface area contributed by atoms with Crippen LogP contribution in [0.5, 0.6) is 5.75 Å². The molecule has 2 aromatic rings. The fourth-order valence-electron chi connectivity index (χ4n) is 2.62. The Labute approximate surface area is 118 Å². The van der Waals surface area contributed by atoms with Gasteiger partial charge >= 0.3 is 0 Å².